The number of rotatable bonds is 4. The van der Waals surface area contributed by atoms with Gasteiger partial charge in [-0.1, -0.05) is 50.1 Å². The third kappa shape index (κ3) is 4.11. The maximum Gasteiger partial charge on any atom is 0.0233 e. The Hall–Kier alpha value is -0.860. The van der Waals surface area contributed by atoms with Crippen LogP contribution in [-0.4, -0.2) is 42.0 Å². The van der Waals surface area contributed by atoms with E-state index in [0.29, 0.717) is 0 Å². The molecule has 0 bridgehead atoms. The van der Waals surface area contributed by atoms with Crippen LogP contribution in [0.25, 0.3) is 0 Å². The lowest BCUT2D eigenvalue weighted by Gasteiger charge is -2.42. The highest BCUT2D eigenvalue weighted by Gasteiger charge is 2.29. The van der Waals surface area contributed by atoms with Gasteiger partial charge in [0.15, 0.2) is 0 Å². The number of benzene rings is 1. The largest absolute Gasteiger partial charge is 0.300 e. The second-order valence-electron chi connectivity index (χ2n) is 7.59. The summed E-state index contributed by atoms with van der Waals surface area (Å²) in [5, 5.41) is 0. The third-order valence-corrected chi connectivity index (χ3v) is 5.82. The predicted octanol–water partition coefficient (Wildman–Crippen LogP) is 4.16. The van der Waals surface area contributed by atoms with Crippen LogP contribution in [0.3, 0.4) is 0 Å². The fourth-order valence-electron chi connectivity index (χ4n) is 4.43. The Balaban J connectivity index is 1.47. The molecule has 1 saturated carbocycles. The Morgan fingerprint density at radius 2 is 1.77 bits per heavy atom. The van der Waals surface area contributed by atoms with Gasteiger partial charge in [0.1, 0.15) is 0 Å². The van der Waals surface area contributed by atoms with Crippen molar-refractivity contribution in [2.75, 3.05) is 20.1 Å². The molecule has 0 spiro atoms. The number of nitrogens with zero attached hydrogens (tertiary/aromatic N) is 2. The van der Waals surface area contributed by atoms with E-state index in [9.17, 15) is 0 Å². The first kappa shape index (κ1) is 16.0. The van der Waals surface area contributed by atoms with Crippen molar-refractivity contribution in [3.05, 3.63) is 35.9 Å². The molecule has 122 valence electrons. The van der Waals surface area contributed by atoms with Crippen molar-refractivity contribution in [1.29, 1.82) is 0 Å². The summed E-state index contributed by atoms with van der Waals surface area (Å²) in [6.07, 6.45) is 8.45. The highest BCUT2D eigenvalue weighted by atomic mass is 15.2. The van der Waals surface area contributed by atoms with Crippen LogP contribution in [-0.2, 0) is 6.54 Å². The normalized spacial score (nSPS) is 28.1. The minimum absolute atomic E-state index is 0.762. The van der Waals surface area contributed by atoms with Crippen LogP contribution in [0, 0.1) is 5.92 Å². The van der Waals surface area contributed by atoms with E-state index in [0.717, 1.165) is 24.5 Å². The summed E-state index contributed by atoms with van der Waals surface area (Å²) in [6, 6.07) is 12.5. The first-order valence-electron chi connectivity index (χ1n) is 9.20. The van der Waals surface area contributed by atoms with Gasteiger partial charge in [-0.05, 0) is 57.3 Å². The van der Waals surface area contributed by atoms with Crippen LogP contribution in [0.4, 0.5) is 0 Å². The topological polar surface area (TPSA) is 6.48 Å². The summed E-state index contributed by atoms with van der Waals surface area (Å²) in [5.41, 5.74) is 1.44. The molecule has 2 nitrogen and oxygen atoms in total. The summed E-state index contributed by atoms with van der Waals surface area (Å²) in [5.74, 6) is 0.942. The molecule has 0 amide bonds. The van der Waals surface area contributed by atoms with E-state index in [2.05, 4.69) is 54.1 Å². The van der Waals surface area contributed by atoms with Crippen molar-refractivity contribution < 1.29 is 0 Å². The van der Waals surface area contributed by atoms with Gasteiger partial charge in [0.2, 0.25) is 0 Å². The Morgan fingerprint density at radius 3 is 2.45 bits per heavy atom. The highest BCUT2D eigenvalue weighted by molar-refractivity contribution is 5.14. The molecule has 2 heteroatoms. The second kappa shape index (κ2) is 7.61. The van der Waals surface area contributed by atoms with E-state index >= 15 is 0 Å². The Labute approximate surface area is 136 Å². The van der Waals surface area contributed by atoms with Gasteiger partial charge in [-0.3, -0.25) is 4.90 Å². The van der Waals surface area contributed by atoms with Crippen molar-refractivity contribution in [2.45, 2.75) is 64.1 Å². The third-order valence-electron chi connectivity index (χ3n) is 5.82. The van der Waals surface area contributed by atoms with Crippen LogP contribution < -0.4 is 0 Å². The highest BCUT2D eigenvalue weighted by Crippen LogP contribution is 2.29. The molecule has 1 aliphatic carbocycles. The molecule has 22 heavy (non-hydrogen) atoms. The summed E-state index contributed by atoms with van der Waals surface area (Å²) in [4.78, 5) is 5.36. The Kier molecular flexibility index (Phi) is 5.54. The van der Waals surface area contributed by atoms with Gasteiger partial charge < -0.3 is 4.90 Å². The van der Waals surface area contributed by atoms with Gasteiger partial charge in [0.25, 0.3) is 0 Å². The van der Waals surface area contributed by atoms with Gasteiger partial charge in [-0.15, -0.1) is 0 Å². The molecule has 0 radical (unpaired) electrons. The lowest BCUT2D eigenvalue weighted by Crippen LogP contribution is -2.48. The zero-order chi connectivity index (χ0) is 15.4. The molecule has 2 aliphatic rings. The maximum absolute atomic E-state index is 2.79. The van der Waals surface area contributed by atoms with E-state index in [1.54, 1.807) is 0 Å². The summed E-state index contributed by atoms with van der Waals surface area (Å²) < 4.78 is 0. The average molecular weight is 300 g/mol. The fourth-order valence-corrected chi connectivity index (χ4v) is 4.43. The molecule has 2 atom stereocenters. The predicted molar refractivity (Wildman–Crippen MR) is 93.9 cm³/mol. The zero-order valence-corrected chi connectivity index (χ0v) is 14.4. The zero-order valence-electron chi connectivity index (χ0n) is 14.4. The first-order chi connectivity index (χ1) is 10.7. The Morgan fingerprint density at radius 1 is 1.05 bits per heavy atom. The minimum Gasteiger partial charge on any atom is -0.300 e. The quantitative estimate of drug-likeness (QED) is 0.824. The summed E-state index contributed by atoms with van der Waals surface area (Å²) in [6.45, 7) is 6.14. The SMILES string of the molecule is C[C@H]1CCC[C@H](N2CCC(N(C)Cc3ccccc3)CC2)C1. The minimum atomic E-state index is 0.762. The van der Waals surface area contributed by atoms with Crippen molar-refractivity contribution in [1.82, 2.24) is 9.80 Å². The number of likely N-dealkylation sites (tertiary alicyclic amines) is 1. The molecule has 1 aromatic rings. The average Bonchev–Trinajstić information content (AvgIpc) is 2.56. The monoisotopic (exact) mass is 300 g/mol. The smallest absolute Gasteiger partial charge is 0.0233 e. The van der Waals surface area contributed by atoms with Crippen molar-refractivity contribution in [3.63, 3.8) is 0 Å². The van der Waals surface area contributed by atoms with E-state index < -0.39 is 0 Å². The fraction of sp³-hybridized carbons (Fsp3) is 0.700. The van der Waals surface area contributed by atoms with Crippen molar-refractivity contribution >= 4 is 0 Å². The van der Waals surface area contributed by atoms with Gasteiger partial charge in [-0.25, -0.2) is 0 Å². The lowest BCUT2D eigenvalue weighted by atomic mass is 9.85. The van der Waals surface area contributed by atoms with Crippen LogP contribution >= 0.6 is 0 Å². The second-order valence-corrected chi connectivity index (χ2v) is 7.59. The summed E-state index contributed by atoms with van der Waals surface area (Å²) >= 11 is 0. The molecular weight excluding hydrogens is 268 g/mol. The molecule has 2 fully saturated rings. The summed E-state index contributed by atoms with van der Waals surface area (Å²) in [7, 11) is 2.30. The maximum atomic E-state index is 2.79. The van der Waals surface area contributed by atoms with Gasteiger partial charge in [-0.2, -0.15) is 0 Å². The molecule has 0 N–H and O–H groups in total. The van der Waals surface area contributed by atoms with Crippen LogP contribution in [0.5, 0.6) is 0 Å². The van der Waals surface area contributed by atoms with Crippen LogP contribution in [0.15, 0.2) is 30.3 Å². The van der Waals surface area contributed by atoms with Crippen molar-refractivity contribution in [2.24, 2.45) is 5.92 Å². The molecule has 1 saturated heterocycles. The van der Waals surface area contributed by atoms with E-state index in [4.69, 9.17) is 0 Å². The molecule has 0 aromatic heterocycles. The molecule has 1 aliphatic heterocycles. The lowest BCUT2D eigenvalue weighted by molar-refractivity contribution is 0.0694. The molecule has 1 aromatic carbocycles. The van der Waals surface area contributed by atoms with Gasteiger partial charge in [0.05, 0.1) is 0 Å². The molecule has 0 unspecified atom stereocenters. The Bertz CT molecular complexity index is 436. The van der Waals surface area contributed by atoms with Gasteiger partial charge >= 0.3 is 0 Å². The number of piperidine rings is 1. The first-order valence-corrected chi connectivity index (χ1v) is 9.20. The van der Waals surface area contributed by atoms with E-state index in [1.165, 1.54) is 57.2 Å². The van der Waals surface area contributed by atoms with Crippen molar-refractivity contribution in [3.8, 4) is 0 Å². The molecular formula is C20H32N2. The number of hydrogen-bond donors (Lipinski definition) is 0. The van der Waals surface area contributed by atoms with E-state index in [1.807, 2.05) is 0 Å². The van der Waals surface area contributed by atoms with Crippen LogP contribution in [0.1, 0.15) is 51.0 Å². The van der Waals surface area contributed by atoms with E-state index in [-0.39, 0.29) is 0 Å². The standard InChI is InChI=1S/C20H32N2/c1-17-7-6-10-20(15-17)22-13-11-19(12-14-22)21(2)16-18-8-4-3-5-9-18/h3-5,8-9,17,19-20H,6-7,10-16H2,1-2H3/t17-,20-/m0/s1. The number of hydrogen-bond acceptors (Lipinski definition) is 2. The molecule has 3 rings (SSSR count). The van der Waals surface area contributed by atoms with Gasteiger partial charge in [0, 0.05) is 18.6 Å². The molecule has 1 heterocycles. The van der Waals surface area contributed by atoms with Crippen LogP contribution in [0.2, 0.25) is 0 Å².